The molecule has 0 unspecified atom stereocenters. The number of nitrogens with one attached hydrogen (secondary N) is 1. The minimum Gasteiger partial charge on any atom is -0.497 e. The molecule has 1 aromatic carbocycles. The highest BCUT2D eigenvalue weighted by Gasteiger charge is 2.29. The molecule has 1 fully saturated rings. The minimum atomic E-state index is -0.202. The molecule has 1 atom stereocenters. The van der Waals surface area contributed by atoms with Crippen LogP contribution in [0.25, 0.3) is 0 Å². The van der Waals surface area contributed by atoms with E-state index in [0.29, 0.717) is 35.3 Å². The zero-order valence-corrected chi connectivity index (χ0v) is 13.1. The highest BCUT2D eigenvalue weighted by atomic mass is 79.9. The number of carbonyl (C=O) groups is 2. The molecule has 1 aliphatic heterocycles. The van der Waals surface area contributed by atoms with E-state index in [-0.39, 0.29) is 17.9 Å². The first-order valence-electron chi connectivity index (χ1n) is 6.47. The predicted octanol–water partition coefficient (Wildman–Crippen LogP) is 1.81. The van der Waals surface area contributed by atoms with Gasteiger partial charge in [-0.1, -0.05) is 0 Å². The maximum absolute atomic E-state index is 12.3. The Morgan fingerprint density at radius 2 is 2.30 bits per heavy atom. The van der Waals surface area contributed by atoms with Crippen molar-refractivity contribution < 1.29 is 14.3 Å². The van der Waals surface area contributed by atoms with Gasteiger partial charge in [-0.2, -0.15) is 0 Å². The number of likely N-dealkylation sites (N-methyl/N-ethyl adjacent to an activating group) is 1. The molecule has 1 saturated heterocycles. The molecular weight excluding hydrogens is 324 g/mol. The van der Waals surface area contributed by atoms with Crippen LogP contribution in [0.1, 0.15) is 23.7 Å². The third kappa shape index (κ3) is 3.12. The van der Waals surface area contributed by atoms with E-state index < -0.39 is 0 Å². The van der Waals surface area contributed by atoms with Crippen LogP contribution in [0.4, 0.5) is 0 Å². The Labute approximate surface area is 126 Å². The number of amides is 2. The number of ether oxygens (including phenoxy) is 1. The molecule has 0 spiro atoms. The molecule has 0 saturated carbocycles. The lowest BCUT2D eigenvalue weighted by atomic mass is 10.1. The molecule has 0 aromatic heterocycles. The summed E-state index contributed by atoms with van der Waals surface area (Å²) in [6.45, 7) is 3.18. The maximum Gasteiger partial charge on any atom is 0.252 e. The molecule has 0 radical (unpaired) electrons. The number of rotatable bonds is 4. The molecule has 108 valence electrons. The highest BCUT2D eigenvalue weighted by molar-refractivity contribution is 9.10. The van der Waals surface area contributed by atoms with Crippen LogP contribution in [0, 0.1) is 0 Å². The summed E-state index contributed by atoms with van der Waals surface area (Å²) >= 11 is 3.35. The van der Waals surface area contributed by atoms with E-state index in [1.807, 2.05) is 6.92 Å². The van der Waals surface area contributed by atoms with E-state index in [2.05, 4.69) is 21.2 Å². The maximum atomic E-state index is 12.3. The SMILES string of the molecule is CCN1C[C@@H](NC(=O)c2cc(OC)ccc2Br)CC1=O. The third-order valence-electron chi connectivity index (χ3n) is 3.35. The van der Waals surface area contributed by atoms with Crippen LogP contribution in [0.2, 0.25) is 0 Å². The second-order valence-corrected chi connectivity index (χ2v) is 5.51. The Morgan fingerprint density at radius 1 is 1.55 bits per heavy atom. The summed E-state index contributed by atoms with van der Waals surface area (Å²) in [5, 5.41) is 2.90. The minimum absolute atomic E-state index is 0.0857. The first kappa shape index (κ1) is 14.8. The summed E-state index contributed by atoms with van der Waals surface area (Å²) in [5.74, 6) is 0.505. The Morgan fingerprint density at radius 3 is 2.90 bits per heavy atom. The van der Waals surface area contributed by atoms with Gasteiger partial charge in [0.25, 0.3) is 5.91 Å². The standard InChI is InChI=1S/C14H17BrN2O3/c1-3-17-8-9(6-13(17)18)16-14(19)11-7-10(20-2)4-5-12(11)15/h4-5,7,9H,3,6,8H2,1-2H3,(H,16,19)/t9-/m0/s1. The van der Waals surface area contributed by atoms with Crippen molar-refractivity contribution in [3.8, 4) is 5.75 Å². The number of hydrogen-bond donors (Lipinski definition) is 1. The molecule has 1 aliphatic rings. The van der Waals surface area contributed by atoms with E-state index in [1.165, 1.54) is 0 Å². The van der Waals surface area contributed by atoms with Crippen LogP contribution >= 0.6 is 15.9 Å². The van der Waals surface area contributed by atoms with Gasteiger partial charge in [0.05, 0.1) is 18.7 Å². The van der Waals surface area contributed by atoms with Crippen molar-refractivity contribution >= 4 is 27.7 Å². The second-order valence-electron chi connectivity index (χ2n) is 4.65. The Bertz CT molecular complexity index is 533. The Kier molecular flexibility index (Phi) is 4.65. The number of carbonyl (C=O) groups excluding carboxylic acids is 2. The molecule has 6 heteroatoms. The predicted molar refractivity (Wildman–Crippen MR) is 78.8 cm³/mol. The second kappa shape index (κ2) is 6.26. The Hall–Kier alpha value is -1.56. The van der Waals surface area contributed by atoms with Crippen LogP contribution in [0.3, 0.4) is 0 Å². The van der Waals surface area contributed by atoms with Gasteiger partial charge >= 0.3 is 0 Å². The van der Waals surface area contributed by atoms with Gasteiger partial charge < -0.3 is 15.0 Å². The van der Waals surface area contributed by atoms with Crippen LogP contribution in [-0.2, 0) is 4.79 Å². The largest absolute Gasteiger partial charge is 0.497 e. The fraction of sp³-hybridized carbons (Fsp3) is 0.429. The molecular formula is C14H17BrN2O3. The third-order valence-corrected chi connectivity index (χ3v) is 4.04. The Balaban J connectivity index is 2.07. The van der Waals surface area contributed by atoms with Crippen LogP contribution in [-0.4, -0.2) is 43.0 Å². The van der Waals surface area contributed by atoms with Crippen molar-refractivity contribution in [3.63, 3.8) is 0 Å². The van der Waals surface area contributed by atoms with Crippen molar-refractivity contribution in [2.45, 2.75) is 19.4 Å². The summed E-state index contributed by atoms with van der Waals surface area (Å²) in [5.41, 5.74) is 0.506. The molecule has 2 rings (SSSR count). The zero-order chi connectivity index (χ0) is 14.7. The normalized spacial score (nSPS) is 18.2. The fourth-order valence-electron chi connectivity index (χ4n) is 2.24. The number of nitrogens with zero attached hydrogens (tertiary/aromatic N) is 1. The number of hydrogen-bond acceptors (Lipinski definition) is 3. The van der Waals surface area contributed by atoms with Gasteiger partial charge in [-0.15, -0.1) is 0 Å². The number of methoxy groups -OCH3 is 1. The van der Waals surface area contributed by atoms with E-state index >= 15 is 0 Å². The van der Waals surface area contributed by atoms with Crippen LogP contribution in [0.15, 0.2) is 22.7 Å². The lowest BCUT2D eigenvalue weighted by Crippen LogP contribution is -2.37. The smallest absolute Gasteiger partial charge is 0.252 e. The van der Waals surface area contributed by atoms with E-state index in [1.54, 1.807) is 30.2 Å². The monoisotopic (exact) mass is 340 g/mol. The first-order chi connectivity index (χ1) is 9.55. The summed E-state index contributed by atoms with van der Waals surface area (Å²) in [6, 6.07) is 5.09. The molecule has 0 bridgehead atoms. The van der Waals surface area contributed by atoms with E-state index in [9.17, 15) is 9.59 Å². The van der Waals surface area contributed by atoms with E-state index in [4.69, 9.17) is 4.74 Å². The molecule has 0 aliphatic carbocycles. The van der Waals surface area contributed by atoms with Crippen molar-refractivity contribution in [2.75, 3.05) is 20.2 Å². The van der Waals surface area contributed by atoms with Gasteiger partial charge in [0.1, 0.15) is 5.75 Å². The summed E-state index contributed by atoms with van der Waals surface area (Å²) in [6.07, 6.45) is 0.362. The molecule has 5 nitrogen and oxygen atoms in total. The van der Waals surface area contributed by atoms with Crippen molar-refractivity contribution in [1.29, 1.82) is 0 Å². The lowest BCUT2D eigenvalue weighted by molar-refractivity contribution is -0.127. The van der Waals surface area contributed by atoms with Crippen molar-refractivity contribution in [2.24, 2.45) is 0 Å². The van der Waals surface area contributed by atoms with Gasteiger partial charge in [0, 0.05) is 24.0 Å². The molecule has 1 heterocycles. The van der Waals surface area contributed by atoms with Crippen LogP contribution < -0.4 is 10.1 Å². The van der Waals surface area contributed by atoms with Gasteiger partial charge in [0.2, 0.25) is 5.91 Å². The molecule has 2 amide bonds. The topological polar surface area (TPSA) is 58.6 Å². The van der Waals surface area contributed by atoms with Crippen LogP contribution in [0.5, 0.6) is 5.75 Å². The number of benzene rings is 1. The summed E-state index contributed by atoms with van der Waals surface area (Å²) < 4.78 is 5.82. The molecule has 1 N–H and O–H groups in total. The quantitative estimate of drug-likeness (QED) is 0.909. The van der Waals surface area contributed by atoms with Gasteiger partial charge in [-0.25, -0.2) is 0 Å². The molecule has 1 aromatic rings. The van der Waals surface area contributed by atoms with E-state index in [0.717, 1.165) is 0 Å². The fourth-order valence-corrected chi connectivity index (χ4v) is 2.67. The number of halogens is 1. The first-order valence-corrected chi connectivity index (χ1v) is 7.26. The van der Waals surface area contributed by atoms with Gasteiger partial charge in [0.15, 0.2) is 0 Å². The zero-order valence-electron chi connectivity index (χ0n) is 11.5. The average molecular weight is 341 g/mol. The van der Waals surface area contributed by atoms with Gasteiger partial charge in [-0.05, 0) is 41.1 Å². The number of likely N-dealkylation sites (tertiary alicyclic amines) is 1. The summed E-state index contributed by atoms with van der Waals surface area (Å²) in [4.78, 5) is 25.7. The highest BCUT2D eigenvalue weighted by Crippen LogP contribution is 2.23. The van der Waals surface area contributed by atoms with Crippen molar-refractivity contribution in [3.05, 3.63) is 28.2 Å². The summed E-state index contributed by atoms with van der Waals surface area (Å²) in [7, 11) is 1.56. The van der Waals surface area contributed by atoms with Crippen molar-refractivity contribution in [1.82, 2.24) is 10.2 Å². The van der Waals surface area contributed by atoms with Gasteiger partial charge in [-0.3, -0.25) is 9.59 Å². The lowest BCUT2D eigenvalue weighted by Gasteiger charge is -2.15. The molecule has 20 heavy (non-hydrogen) atoms. The average Bonchev–Trinajstić information content (AvgIpc) is 2.79.